The molecule has 8 heteroatoms. The number of carbonyl (C=O) groups is 2. The summed E-state index contributed by atoms with van der Waals surface area (Å²) in [5.74, 6) is 1.27. The van der Waals surface area contributed by atoms with Gasteiger partial charge in [-0.05, 0) is 43.9 Å². The largest absolute Gasteiger partial charge is 0.372 e. The number of aryl methyl sites for hydroxylation is 1. The normalized spacial score (nSPS) is 13.9. The third kappa shape index (κ3) is 6.52. The summed E-state index contributed by atoms with van der Waals surface area (Å²) in [4.78, 5) is 28.3. The van der Waals surface area contributed by atoms with Crippen LogP contribution in [0.1, 0.15) is 30.6 Å². The molecule has 1 saturated heterocycles. The SMILES string of the molecule is Cc1cc(NC(=O)CSCC(=O)N(C)Cc2ccc(N3CCCCC3)cc2)no1. The van der Waals surface area contributed by atoms with Crippen molar-refractivity contribution in [1.29, 1.82) is 0 Å². The Labute approximate surface area is 175 Å². The summed E-state index contributed by atoms with van der Waals surface area (Å²) in [6.07, 6.45) is 3.83. The average Bonchev–Trinajstić information content (AvgIpc) is 3.13. The maximum Gasteiger partial charge on any atom is 0.235 e. The van der Waals surface area contributed by atoms with Crippen LogP contribution in [-0.4, -0.2) is 53.5 Å². The van der Waals surface area contributed by atoms with E-state index in [1.165, 1.54) is 36.7 Å². The van der Waals surface area contributed by atoms with E-state index in [9.17, 15) is 9.59 Å². The predicted octanol–water partition coefficient (Wildman–Crippen LogP) is 3.30. The van der Waals surface area contributed by atoms with E-state index in [2.05, 4.69) is 39.6 Å². The molecule has 1 aromatic heterocycles. The first-order chi connectivity index (χ1) is 14.0. The molecule has 0 bridgehead atoms. The summed E-state index contributed by atoms with van der Waals surface area (Å²) >= 11 is 1.29. The molecule has 156 valence electrons. The van der Waals surface area contributed by atoms with Gasteiger partial charge in [-0.1, -0.05) is 17.3 Å². The van der Waals surface area contributed by atoms with Gasteiger partial charge in [-0.15, -0.1) is 11.8 Å². The second-order valence-electron chi connectivity index (χ2n) is 7.33. The lowest BCUT2D eigenvalue weighted by Crippen LogP contribution is -2.29. The molecule has 2 aromatic rings. The molecular weight excluding hydrogens is 388 g/mol. The zero-order chi connectivity index (χ0) is 20.6. The zero-order valence-electron chi connectivity index (χ0n) is 17.0. The van der Waals surface area contributed by atoms with Gasteiger partial charge in [0.25, 0.3) is 0 Å². The summed E-state index contributed by atoms with van der Waals surface area (Å²) < 4.78 is 4.90. The van der Waals surface area contributed by atoms with Gasteiger partial charge in [0.1, 0.15) is 5.76 Å². The number of rotatable bonds is 8. The second-order valence-corrected chi connectivity index (χ2v) is 8.31. The van der Waals surface area contributed by atoms with Gasteiger partial charge in [-0.3, -0.25) is 9.59 Å². The lowest BCUT2D eigenvalue weighted by atomic mass is 10.1. The Morgan fingerprint density at radius 2 is 1.90 bits per heavy atom. The van der Waals surface area contributed by atoms with Gasteiger partial charge in [0.15, 0.2) is 5.82 Å². The maximum absolute atomic E-state index is 12.3. The minimum absolute atomic E-state index is 0.000174. The van der Waals surface area contributed by atoms with Crippen molar-refractivity contribution in [2.45, 2.75) is 32.7 Å². The zero-order valence-corrected chi connectivity index (χ0v) is 17.8. The number of carbonyl (C=O) groups excluding carboxylic acids is 2. The van der Waals surface area contributed by atoms with Crippen LogP contribution < -0.4 is 10.2 Å². The number of anilines is 2. The minimum atomic E-state index is -0.202. The van der Waals surface area contributed by atoms with Crippen LogP contribution in [0.25, 0.3) is 0 Å². The Hall–Kier alpha value is -2.48. The number of piperidine rings is 1. The van der Waals surface area contributed by atoms with Crippen molar-refractivity contribution >= 4 is 35.1 Å². The predicted molar refractivity (Wildman–Crippen MR) is 116 cm³/mol. The molecule has 2 heterocycles. The van der Waals surface area contributed by atoms with E-state index in [4.69, 9.17) is 4.52 Å². The minimum Gasteiger partial charge on any atom is -0.372 e. The van der Waals surface area contributed by atoms with Gasteiger partial charge < -0.3 is 19.6 Å². The first kappa shape index (κ1) is 21.2. The highest BCUT2D eigenvalue weighted by Crippen LogP contribution is 2.20. The van der Waals surface area contributed by atoms with Crippen molar-refractivity contribution in [3.63, 3.8) is 0 Å². The molecule has 29 heavy (non-hydrogen) atoms. The first-order valence-corrected chi connectivity index (χ1v) is 11.1. The Morgan fingerprint density at radius 1 is 1.17 bits per heavy atom. The molecule has 1 aromatic carbocycles. The van der Waals surface area contributed by atoms with Crippen molar-refractivity contribution in [2.24, 2.45) is 0 Å². The van der Waals surface area contributed by atoms with Crippen LogP contribution in [0.3, 0.4) is 0 Å². The Bertz CT molecular complexity index is 816. The Balaban J connectivity index is 1.38. The van der Waals surface area contributed by atoms with Crippen LogP contribution in [0.15, 0.2) is 34.9 Å². The molecule has 7 nitrogen and oxygen atoms in total. The highest BCUT2D eigenvalue weighted by atomic mass is 32.2. The van der Waals surface area contributed by atoms with E-state index in [1.54, 1.807) is 24.9 Å². The lowest BCUT2D eigenvalue weighted by molar-refractivity contribution is -0.127. The van der Waals surface area contributed by atoms with Gasteiger partial charge in [0, 0.05) is 38.4 Å². The van der Waals surface area contributed by atoms with Crippen LogP contribution >= 0.6 is 11.8 Å². The van der Waals surface area contributed by atoms with E-state index in [0.717, 1.165) is 18.7 Å². The van der Waals surface area contributed by atoms with Crippen LogP contribution in [0, 0.1) is 6.92 Å². The van der Waals surface area contributed by atoms with Crippen molar-refractivity contribution in [3.8, 4) is 0 Å². The number of aromatic nitrogens is 1. The van der Waals surface area contributed by atoms with Crippen molar-refractivity contribution in [1.82, 2.24) is 10.1 Å². The van der Waals surface area contributed by atoms with Crippen molar-refractivity contribution < 1.29 is 14.1 Å². The number of hydrogen-bond donors (Lipinski definition) is 1. The Kier molecular flexibility index (Phi) is 7.57. The van der Waals surface area contributed by atoms with Crippen LogP contribution in [0.4, 0.5) is 11.5 Å². The van der Waals surface area contributed by atoms with E-state index in [-0.39, 0.29) is 23.3 Å². The number of benzene rings is 1. The molecule has 1 aliphatic rings. The molecule has 1 N–H and O–H groups in total. The van der Waals surface area contributed by atoms with E-state index in [1.807, 2.05) is 0 Å². The quantitative estimate of drug-likeness (QED) is 0.711. The molecule has 1 fully saturated rings. The van der Waals surface area contributed by atoms with Crippen molar-refractivity contribution in [3.05, 3.63) is 41.7 Å². The Morgan fingerprint density at radius 3 is 2.55 bits per heavy atom. The molecule has 2 amide bonds. The molecule has 1 aliphatic heterocycles. The highest BCUT2D eigenvalue weighted by molar-refractivity contribution is 8.00. The lowest BCUT2D eigenvalue weighted by Gasteiger charge is -2.29. The summed E-state index contributed by atoms with van der Waals surface area (Å²) in [5.41, 5.74) is 2.36. The van der Waals surface area contributed by atoms with Crippen molar-refractivity contribution in [2.75, 3.05) is 41.9 Å². The van der Waals surface area contributed by atoms with Crippen LogP contribution in [-0.2, 0) is 16.1 Å². The third-order valence-corrected chi connectivity index (χ3v) is 5.77. The topological polar surface area (TPSA) is 78.7 Å². The van der Waals surface area contributed by atoms with E-state index >= 15 is 0 Å². The summed E-state index contributed by atoms with van der Waals surface area (Å²) in [6.45, 7) is 4.56. The molecule has 0 saturated carbocycles. The van der Waals surface area contributed by atoms with Gasteiger partial charge in [-0.2, -0.15) is 0 Å². The monoisotopic (exact) mass is 416 g/mol. The van der Waals surface area contributed by atoms with E-state index in [0.29, 0.717) is 18.1 Å². The van der Waals surface area contributed by atoms with Crippen LogP contribution in [0.2, 0.25) is 0 Å². The molecule has 3 rings (SSSR count). The summed E-state index contributed by atoms with van der Waals surface area (Å²) in [5, 5.41) is 6.36. The fraction of sp³-hybridized carbons (Fsp3) is 0.476. The number of nitrogens with zero attached hydrogens (tertiary/aromatic N) is 3. The maximum atomic E-state index is 12.3. The first-order valence-electron chi connectivity index (χ1n) is 9.90. The molecule has 0 radical (unpaired) electrons. The molecule has 0 atom stereocenters. The number of amides is 2. The molecular formula is C21H28N4O3S. The number of nitrogens with one attached hydrogen (secondary N) is 1. The standard InChI is InChI=1S/C21H28N4O3S/c1-16-12-19(23-28-16)22-20(26)14-29-15-21(27)24(2)13-17-6-8-18(9-7-17)25-10-4-3-5-11-25/h6-9,12H,3-5,10-11,13-15H2,1-2H3,(H,22,23,26). The molecule has 0 aliphatic carbocycles. The third-order valence-electron chi connectivity index (χ3n) is 4.86. The molecule has 0 unspecified atom stereocenters. The van der Waals surface area contributed by atoms with E-state index < -0.39 is 0 Å². The fourth-order valence-electron chi connectivity index (χ4n) is 3.27. The van der Waals surface area contributed by atoms with Gasteiger partial charge >= 0.3 is 0 Å². The van der Waals surface area contributed by atoms with Crippen LogP contribution in [0.5, 0.6) is 0 Å². The number of thioether (sulfide) groups is 1. The fourth-order valence-corrected chi connectivity index (χ4v) is 4.03. The summed E-state index contributed by atoms with van der Waals surface area (Å²) in [6, 6.07) is 10.1. The van der Waals surface area contributed by atoms with Gasteiger partial charge in [-0.25, -0.2) is 0 Å². The second kappa shape index (κ2) is 10.3. The van der Waals surface area contributed by atoms with Gasteiger partial charge in [0.2, 0.25) is 11.8 Å². The van der Waals surface area contributed by atoms with Gasteiger partial charge in [0.05, 0.1) is 11.5 Å². The number of hydrogen-bond acceptors (Lipinski definition) is 6. The highest BCUT2D eigenvalue weighted by Gasteiger charge is 2.13. The summed E-state index contributed by atoms with van der Waals surface area (Å²) in [7, 11) is 1.79. The smallest absolute Gasteiger partial charge is 0.235 e. The molecule has 0 spiro atoms. The average molecular weight is 417 g/mol.